The maximum Gasteiger partial charge on any atom is 0.114 e. The molecule has 1 saturated carbocycles. The Hall–Kier alpha value is -2.40. The SMILES string of the molecule is N#CC(C1=NC2(CCCCC2)Cc2ccccc21)c1ccccc1. The lowest BCUT2D eigenvalue weighted by Crippen LogP contribution is -2.38. The minimum Gasteiger partial charge on any atom is -0.280 e. The predicted molar refractivity (Wildman–Crippen MR) is 97.3 cm³/mol. The van der Waals surface area contributed by atoms with Gasteiger partial charge in [-0.1, -0.05) is 73.9 Å². The third-order valence-corrected chi connectivity index (χ3v) is 5.49. The fourth-order valence-electron chi connectivity index (χ4n) is 4.29. The molecule has 1 heterocycles. The second-order valence-electron chi connectivity index (χ2n) is 7.09. The Morgan fingerprint density at radius 2 is 1.62 bits per heavy atom. The molecule has 2 aromatic carbocycles. The van der Waals surface area contributed by atoms with Crippen LogP contribution in [0.25, 0.3) is 0 Å². The maximum atomic E-state index is 9.91. The van der Waals surface area contributed by atoms with Gasteiger partial charge in [-0.15, -0.1) is 0 Å². The van der Waals surface area contributed by atoms with E-state index in [1.54, 1.807) is 0 Å². The average Bonchev–Trinajstić information content (AvgIpc) is 2.64. The molecule has 0 bridgehead atoms. The Bertz CT molecular complexity index is 792. The van der Waals surface area contributed by atoms with Crippen molar-refractivity contribution in [3.05, 3.63) is 71.3 Å². The summed E-state index contributed by atoms with van der Waals surface area (Å²) in [5.41, 5.74) is 4.57. The van der Waals surface area contributed by atoms with Crippen LogP contribution in [0.2, 0.25) is 0 Å². The second-order valence-corrected chi connectivity index (χ2v) is 7.09. The first-order valence-electron chi connectivity index (χ1n) is 8.94. The van der Waals surface area contributed by atoms with E-state index < -0.39 is 0 Å². The van der Waals surface area contributed by atoms with Crippen molar-refractivity contribution in [2.75, 3.05) is 0 Å². The Morgan fingerprint density at radius 1 is 0.917 bits per heavy atom. The van der Waals surface area contributed by atoms with Crippen LogP contribution in [-0.4, -0.2) is 11.3 Å². The third-order valence-electron chi connectivity index (χ3n) is 5.49. The molecule has 1 fully saturated rings. The van der Waals surface area contributed by atoms with Crippen LogP contribution in [0.3, 0.4) is 0 Å². The molecule has 1 atom stereocenters. The van der Waals surface area contributed by atoms with Crippen LogP contribution in [-0.2, 0) is 6.42 Å². The Morgan fingerprint density at radius 3 is 2.38 bits per heavy atom. The summed E-state index contributed by atoms with van der Waals surface area (Å²) in [6, 6.07) is 21.1. The fraction of sp³-hybridized carbons (Fsp3) is 0.364. The molecule has 0 aromatic heterocycles. The number of fused-ring (bicyclic) bond motifs is 1. The van der Waals surface area contributed by atoms with E-state index in [9.17, 15) is 5.26 Å². The quantitative estimate of drug-likeness (QED) is 0.764. The number of aliphatic imine (C=N–C) groups is 1. The highest BCUT2D eigenvalue weighted by atomic mass is 14.9. The normalized spacial score (nSPS) is 19.9. The summed E-state index contributed by atoms with van der Waals surface area (Å²) in [4.78, 5) is 5.26. The van der Waals surface area contributed by atoms with Gasteiger partial charge < -0.3 is 0 Å². The van der Waals surface area contributed by atoms with Gasteiger partial charge in [0.15, 0.2) is 0 Å². The van der Waals surface area contributed by atoms with Crippen LogP contribution >= 0.6 is 0 Å². The van der Waals surface area contributed by atoms with Crippen LogP contribution in [0.4, 0.5) is 0 Å². The molecule has 1 spiro atoms. The lowest BCUT2D eigenvalue weighted by molar-refractivity contribution is 0.293. The summed E-state index contributed by atoms with van der Waals surface area (Å²) in [7, 11) is 0. The van der Waals surface area contributed by atoms with Crippen molar-refractivity contribution in [2.24, 2.45) is 4.99 Å². The third kappa shape index (κ3) is 2.65. The first-order valence-corrected chi connectivity index (χ1v) is 8.94. The monoisotopic (exact) mass is 314 g/mol. The van der Waals surface area contributed by atoms with Crippen molar-refractivity contribution in [2.45, 2.75) is 50.0 Å². The molecular formula is C22H22N2. The topological polar surface area (TPSA) is 36.1 Å². The van der Waals surface area contributed by atoms with Crippen molar-refractivity contribution in [1.82, 2.24) is 0 Å². The van der Waals surface area contributed by atoms with E-state index in [1.807, 2.05) is 30.3 Å². The molecule has 0 N–H and O–H groups in total. The van der Waals surface area contributed by atoms with Gasteiger partial charge in [-0.2, -0.15) is 5.26 Å². The molecule has 24 heavy (non-hydrogen) atoms. The summed E-state index contributed by atoms with van der Waals surface area (Å²) in [5.74, 6) is -0.286. The summed E-state index contributed by atoms with van der Waals surface area (Å²) in [5, 5.41) is 9.91. The Balaban J connectivity index is 1.84. The number of rotatable bonds is 2. The minimum absolute atomic E-state index is 0.0197. The van der Waals surface area contributed by atoms with Crippen LogP contribution in [0.1, 0.15) is 54.7 Å². The van der Waals surface area contributed by atoms with Gasteiger partial charge in [0.2, 0.25) is 0 Å². The predicted octanol–water partition coefficient (Wildman–Crippen LogP) is 5.04. The zero-order valence-electron chi connectivity index (χ0n) is 13.9. The van der Waals surface area contributed by atoms with Crippen LogP contribution in [0.5, 0.6) is 0 Å². The molecule has 2 nitrogen and oxygen atoms in total. The van der Waals surface area contributed by atoms with Crippen LogP contribution < -0.4 is 0 Å². The minimum atomic E-state index is -0.286. The highest BCUT2D eigenvalue weighted by Gasteiger charge is 2.38. The molecule has 1 aliphatic heterocycles. The zero-order chi connectivity index (χ0) is 16.4. The van der Waals surface area contributed by atoms with E-state index in [4.69, 9.17) is 4.99 Å². The molecule has 1 aliphatic carbocycles. The van der Waals surface area contributed by atoms with Gasteiger partial charge in [0, 0.05) is 5.56 Å². The van der Waals surface area contributed by atoms with E-state index in [2.05, 4.69) is 30.3 Å². The van der Waals surface area contributed by atoms with Gasteiger partial charge in [-0.3, -0.25) is 4.99 Å². The van der Waals surface area contributed by atoms with Gasteiger partial charge in [0.05, 0.1) is 17.3 Å². The highest BCUT2D eigenvalue weighted by molar-refractivity contribution is 6.08. The molecule has 120 valence electrons. The van der Waals surface area contributed by atoms with E-state index in [0.29, 0.717) is 0 Å². The van der Waals surface area contributed by atoms with Crippen molar-refractivity contribution in [3.63, 3.8) is 0 Å². The van der Waals surface area contributed by atoms with E-state index in [-0.39, 0.29) is 11.5 Å². The molecule has 2 aromatic rings. The molecule has 0 radical (unpaired) electrons. The standard InChI is InChI=1S/C22H22N2/c23-16-20(17-9-3-1-4-10-17)21-19-12-6-5-11-18(19)15-22(24-21)13-7-2-8-14-22/h1,3-6,9-12,20H,2,7-8,13-15H2. The van der Waals surface area contributed by atoms with Gasteiger partial charge in [-0.05, 0) is 30.4 Å². The first-order chi connectivity index (χ1) is 11.8. The summed E-state index contributed by atoms with van der Waals surface area (Å²) in [6.45, 7) is 0. The summed E-state index contributed by atoms with van der Waals surface area (Å²) >= 11 is 0. The van der Waals surface area contributed by atoms with Gasteiger partial charge in [0.1, 0.15) is 5.92 Å². The van der Waals surface area contributed by atoms with E-state index >= 15 is 0 Å². The molecule has 0 amide bonds. The van der Waals surface area contributed by atoms with Crippen molar-refractivity contribution < 1.29 is 0 Å². The van der Waals surface area contributed by atoms with Gasteiger partial charge >= 0.3 is 0 Å². The van der Waals surface area contributed by atoms with Crippen molar-refractivity contribution >= 4 is 5.71 Å². The smallest absolute Gasteiger partial charge is 0.114 e. The molecule has 0 saturated heterocycles. The van der Waals surface area contributed by atoms with Gasteiger partial charge in [-0.25, -0.2) is 0 Å². The number of hydrogen-bond acceptors (Lipinski definition) is 2. The first kappa shape index (κ1) is 15.1. The fourth-order valence-corrected chi connectivity index (χ4v) is 4.29. The largest absolute Gasteiger partial charge is 0.280 e. The number of benzene rings is 2. The molecule has 2 aliphatic rings. The molecule has 2 heteroatoms. The van der Waals surface area contributed by atoms with E-state index in [0.717, 1.165) is 30.5 Å². The van der Waals surface area contributed by atoms with Crippen LogP contribution in [0, 0.1) is 11.3 Å². The average molecular weight is 314 g/mol. The molecule has 1 unspecified atom stereocenters. The summed E-state index contributed by atoms with van der Waals surface area (Å²) in [6.07, 6.45) is 7.15. The maximum absolute atomic E-state index is 9.91. The van der Waals surface area contributed by atoms with Crippen LogP contribution in [0.15, 0.2) is 59.6 Å². The lowest BCUT2D eigenvalue weighted by atomic mass is 9.73. The van der Waals surface area contributed by atoms with Crippen molar-refractivity contribution in [3.8, 4) is 6.07 Å². The Kier molecular flexibility index (Phi) is 3.94. The second kappa shape index (κ2) is 6.24. The Labute approximate surface area is 143 Å². The molecular weight excluding hydrogens is 292 g/mol. The van der Waals surface area contributed by atoms with Gasteiger partial charge in [0.25, 0.3) is 0 Å². The van der Waals surface area contributed by atoms with Crippen molar-refractivity contribution in [1.29, 1.82) is 5.26 Å². The summed E-state index contributed by atoms with van der Waals surface area (Å²) < 4.78 is 0. The number of hydrogen-bond donors (Lipinski definition) is 0. The molecule has 4 rings (SSSR count). The highest BCUT2D eigenvalue weighted by Crippen LogP contribution is 2.40. The number of nitriles is 1. The number of nitrogens with zero attached hydrogens (tertiary/aromatic N) is 2. The zero-order valence-corrected chi connectivity index (χ0v) is 13.9. The van der Waals surface area contributed by atoms with E-state index in [1.165, 1.54) is 30.4 Å². The lowest BCUT2D eigenvalue weighted by Gasteiger charge is -2.39.